The maximum absolute atomic E-state index is 5.54. The van der Waals surface area contributed by atoms with Gasteiger partial charge in [0.2, 0.25) is 0 Å². The molecule has 0 saturated carbocycles. The smallest absolute Gasteiger partial charge is 0.0510 e. The molecule has 1 N–H and O–H groups in total. The zero-order chi connectivity index (χ0) is 14.5. The molecule has 0 radical (unpaired) electrons. The van der Waals surface area contributed by atoms with Crippen molar-refractivity contribution >= 4 is 0 Å². The van der Waals surface area contributed by atoms with Crippen LogP contribution in [0.5, 0.6) is 0 Å². The van der Waals surface area contributed by atoms with Crippen molar-refractivity contribution in [1.29, 1.82) is 0 Å². The summed E-state index contributed by atoms with van der Waals surface area (Å²) in [5, 5.41) is 3.67. The molecule has 1 heterocycles. The van der Waals surface area contributed by atoms with Crippen LogP contribution in [-0.4, -0.2) is 25.8 Å². The molecule has 20 heavy (non-hydrogen) atoms. The van der Waals surface area contributed by atoms with E-state index in [0.29, 0.717) is 6.04 Å². The van der Waals surface area contributed by atoms with E-state index >= 15 is 0 Å². The molecule has 0 aromatic carbocycles. The van der Waals surface area contributed by atoms with Crippen LogP contribution in [0.1, 0.15) is 84.5 Å². The number of unbranched alkanes of at least 4 members (excludes halogenated alkanes) is 8. The number of nitrogens with one attached hydrogen (secondary N) is 1. The SMILES string of the molecule is CCCCCCCCCCCC(NCC)C1CCOC1. The molecule has 0 amide bonds. The van der Waals surface area contributed by atoms with Crippen molar-refractivity contribution in [3.63, 3.8) is 0 Å². The first-order valence-corrected chi connectivity index (χ1v) is 9.19. The van der Waals surface area contributed by atoms with Crippen LogP contribution in [-0.2, 0) is 4.74 Å². The Bertz CT molecular complexity index is 202. The molecule has 2 heteroatoms. The van der Waals surface area contributed by atoms with Crippen LogP contribution in [0.15, 0.2) is 0 Å². The minimum Gasteiger partial charge on any atom is -0.381 e. The highest BCUT2D eigenvalue weighted by atomic mass is 16.5. The molecule has 1 aliphatic heterocycles. The van der Waals surface area contributed by atoms with Crippen LogP contribution < -0.4 is 5.32 Å². The van der Waals surface area contributed by atoms with E-state index in [-0.39, 0.29) is 0 Å². The van der Waals surface area contributed by atoms with Gasteiger partial charge in [0.05, 0.1) is 6.61 Å². The lowest BCUT2D eigenvalue weighted by Crippen LogP contribution is -2.36. The van der Waals surface area contributed by atoms with E-state index in [4.69, 9.17) is 4.74 Å². The Morgan fingerprint density at radius 3 is 2.15 bits per heavy atom. The average molecular weight is 284 g/mol. The summed E-state index contributed by atoms with van der Waals surface area (Å²) in [6.45, 7) is 7.56. The van der Waals surface area contributed by atoms with Gasteiger partial charge in [-0.1, -0.05) is 71.6 Å². The largest absolute Gasteiger partial charge is 0.381 e. The van der Waals surface area contributed by atoms with E-state index in [0.717, 1.165) is 25.7 Å². The molecule has 0 aromatic heterocycles. The monoisotopic (exact) mass is 283 g/mol. The number of ether oxygens (including phenoxy) is 1. The summed E-state index contributed by atoms with van der Waals surface area (Å²) in [6, 6.07) is 0.701. The van der Waals surface area contributed by atoms with E-state index in [1.807, 2.05) is 0 Å². The fourth-order valence-corrected chi connectivity index (χ4v) is 3.31. The molecule has 1 aliphatic rings. The fraction of sp³-hybridized carbons (Fsp3) is 1.00. The van der Waals surface area contributed by atoms with Crippen molar-refractivity contribution in [3.05, 3.63) is 0 Å². The molecule has 1 rings (SSSR count). The zero-order valence-corrected chi connectivity index (χ0v) is 14.0. The summed E-state index contributed by atoms with van der Waals surface area (Å²) in [4.78, 5) is 0. The van der Waals surface area contributed by atoms with Gasteiger partial charge >= 0.3 is 0 Å². The van der Waals surface area contributed by atoms with Crippen molar-refractivity contribution < 1.29 is 4.74 Å². The molecular formula is C18H37NO. The average Bonchev–Trinajstić information content (AvgIpc) is 2.98. The Kier molecular flexibility index (Phi) is 11.4. The van der Waals surface area contributed by atoms with Crippen molar-refractivity contribution in [2.24, 2.45) is 5.92 Å². The van der Waals surface area contributed by atoms with Gasteiger partial charge in [0.15, 0.2) is 0 Å². The lowest BCUT2D eigenvalue weighted by Gasteiger charge is -2.23. The van der Waals surface area contributed by atoms with Crippen molar-refractivity contribution in [2.45, 2.75) is 90.5 Å². The third-order valence-corrected chi connectivity index (χ3v) is 4.62. The Hall–Kier alpha value is -0.0800. The summed E-state index contributed by atoms with van der Waals surface area (Å²) in [5.74, 6) is 0.768. The molecular weight excluding hydrogens is 246 g/mol. The predicted octanol–water partition coefficient (Wildman–Crippen LogP) is 4.92. The van der Waals surface area contributed by atoms with Gasteiger partial charge in [-0.2, -0.15) is 0 Å². The summed E-state index contributed by atoms with van der Waals surface area (Å²) in [5.41, 5.74) is 0. The third-order valence-electron chi connectivity index (χ3n) is 4.62. The van der Waals surface area contributed by atoms with Crippen LogP contribution in [0.4, 0.5) is 0 Å². The Labute approximate surface area is 127 Å². The summed E-state index contributed by atoms with van der Waals surface area (Å²) in [6.07, 6.45) is 15.4. The predicted molar refractivity (Wildman–Crippen MR) is 88.2 cm³/mol. The Morgan fingerprint density at radius 2 is 1.60 bits per heavy atom. The van der Waals surface area contributed by atoms with Crippen LogP contribution in [0.2, 0.25) is 0 Å². The van der Waals surface area contributed by atoms with Gasteiger partial charge in [0.1, 0.15) is 0 Å². The highest BCUT2D eigenvalue weighted by Crippen LogP contribution is 2.21. The Balaban J connectivity index is 1.94. The van der Waals surface area contributed by atoms with E-state index in [2.05, 4.69) is 19.2 Å². The van der Waals surface area contributed by atoms with E-state index in [9.17, 15) is 0 Å². The molecule has 2 nitrogen and oxygen atoms in total. The second-order valence-electron chi connectivity index (χ2n) is 6.40. The van der Waals surface area contributed by atoms with Gasteiger partial charge in [-0.15, -0.1) is 0 Å². The Morgan fingerprint density at radius 1 is 0.950 bits per heavy atom. The lowest BCUT2D eigenvalue weighted by molar-refractivity contribution is 0.175. The maximum atomic E-state index is 5.54. The van der Waals surface area contributed by atoms with Crippen LogP contribution in [0, 0.1) is 5.92 Å². The van der Waals surface area contributed by atoms with Gasteiger partial charge in [0, 0.05) is 12.6 Å². The van der Waals surface area contributed by atoms with Crippen molar-refractivity contribution in [1.82, 2.24) is 5.32 Å². The second kappa shape index (κ2) is 12.6. The van der Waals surface area contributed by atoms with Gasteiger partial charge in [-0.3, -0.25) is 0 Å². The van der Waals surface area contributed by atoms with Gasteiger partial charge < -0.3 is 10.1 Å². The first-order chi connectivity index (χ1) is 9.88. The van der Waals surface area contributed by atoms with Gasteiger partial charge in [-0.25, -0.2) is 0 Å². The van der Waals surface area contributed by atoms with E-state index in [1.54, 1.807) is 0 Å². The topological polar surface area (TPSA) is 21.3 Å². The van der Waals surface area contributed by atoms with Crippen LogP contribution in [0.3, 0.4) is 0 Å². The highest BCUT2D eigenvalue weighted by molar-refractivity contribution is 4.79. The molecule has 2 unspecified atom stereocenters. The summed E-state index contributed by atoms with van der Waals surface area (Å²) in [7, 11) is 0. The number of rotatable bonds is 13. The number of hydrogen-bond donors (Lipinski definition) is 1. The van der Waals surface area contributed by atoms with E-state index < -0.39 is 0 Å². The third kappa shape index (κ3) is 8.26. The van der Waals surface area contributed by atoms with Crippen molar-refractivity contribution in [2.75, 3.05) is 19.8 Å². The fourth-order valence-electron chi connectivity index (χ4n) is 3.31. The summed E-state index contributed by atoms with van der Waals surface area (Å²) >= 11 is 0. The first-order valence-electron chi connectivity index (χ1n) is 9.19. The van der Waals surface area contributed by atoms with Crippen LogP contribution in [0.25, 0.3) is 0 Å². The van der Waals surface area contributed by atoms with Crippen LogP contribution >= 0.6 is 0 Å². The first kappa shape index (κ1) is 18.0. The zero-order valence-electron chi connectivity index (χ0n) is 14.0. The van der Waals surface area contributed by atoms with Gasteiger partial charge in [-0.05, 0) is 25.3 Å². The standard InChI is InChI=1S/C18H37NO/c1-3-5-6-7-8-9-10-11-12-13-18(19-4-2)17-14-15-20-16-17/h17-19H,3-16H2,1-2H3. The van der Waals surface area contributed by atoms with E-state index in [1.165, 1.54) is 70.6 Å². The molecule has 0 spiro atoms. The molecule has 0 aromatic rings. The molecule has 1 fully saturated rings. The van der Waals surface area contributed by atoms with Crippen molar-refractivity contribution in [3.8, 4) is 0 Å². The minimum absolute atomic E-state index is 0.701. The van der Waals surface area contributed by atoms with Gasteiger partial charge in [0.25, 0.3) is 0 Å². The molecule has 1 saturated heterocycles. The quantitative estimate of drug-likeness (QED) is 0.484. The molecule has 0 aliphatic carbocycles. The molecule has 0 bridgehead atoms. The maximum Gasteiger partial charge on any atom is 0.0510 e. The minimum atomic E-state index is 0.701. The molecule has 120 valence electrons. The summed E-state index contributed by atoms with van der Waals surface area (Å²) < 4.78 is 5.54. The normalized spacial score (nSPS) is 20.4. The highest BCUT2D eigenvalue weighted by Gasteiger charge is 2.24. The molecule has 2 atom stereocenters. The lowest BCUT2D eigenvalue weighted by atomic mass is 9.93. The second-order valence-corrected chi connectivity index (χ2v) is 6.40. The number of hydrogen-bond acceptors (Lipinski definition) is 2.